The first-order valence-electron chi connectivity index (χ1n) is 6.74. The Balaban J connectivity index is 2.67. The van der Waals surface area contributed by atoms with Crippen LogP contribution in [0.25, 0.3) is 0 Å². The molecule has 8 heteroatoms. The number of hydrogen-bond acceptors (Lipinski definition) is 4. The molecular formula is C12H22N2O5S. The molecule has 2 unspecified atom stereocenters. The molecule has 116 valence electrons. The molecule has 2 atom stereocenters. The zero-order chi connectivity index (χ0) is 15.3. The van der Waals surface area contributed by atoms with E-state index in [2.05, 4.69) is 5.32 Å². The minimum absolute atomic E-state index is 0.0266. The van der Waals surface area contributed by atoms with Crippen molar-refractivity contribution in [1.82, 2.24) is 9.62 Å². The Morgan fingerprint density at radius 1 is 1.40 bits per heavy atom. The Morgan fingerprint density at radius 2 is 2.05 bits per heavy atom. The Kier molecular flexibility index (Phi) is 5.94. The average molecular weight is 306 g/mol. The summed E-state index contributed by atoms with van der Waals surface area (Å²) in [6, 6.07) is -0.718. The van der Waals surface area contributed by atoms with Crippen LogP contribution in [-0.4, -0.2) is 55.1 Å². The van der Waals surface area contributed by atoms with Crippen LogP contribution < -0.4 is 5.32 Å². The molecule has 20 heavy (non-hydrogen) atoms. The van der Waals surface area contributed by atoms with Crippen molar-refractivity contribution in [3.63, 3.8) is 0 Å². The van der Waals surface area contributed by atoms with Gasteiger partial charge in [-0.3, -0.25) is 9.59 Å². The number of nitrogens with one attached hydrogen (secondary N) is 1. The van der Waals surface area contributed by atoms with E-state index >= 15 is 0 Å². The van der Waals surface area contributed by atoms with Crippen molar-refractivity contribution in [2.24, 2.45) is 5.92 Å². The molecule has 0 spiro atoms. The number of carbonyl (C=O) groups excluding carboxylic acids is 1. The monoisotopic (exact) mass is 306 g/mol. The van der Waals surface area contributed by atoms with Crippen LogP contribution in [0.3, 0.4) is 0 Å². The molecule has 1 rings (SSSR count). The summed E-state index contributed by atoms with van der Waals surface area (Å²) < 4.78 is 24.5. The first-order chi connectivity index (χ1) is 9.27. The molecule has 1 amide bonds. The highest BCUT2D eigenvalue weighted by Gasteiger charge is 2.34. The summed E-state index contributed by atoms with van der Waals surface area (Å²) in [6.07, 6.45) is 3.51. The Bertz CT molecular complexity index is 462. The molecule has 0 saturated carbocycles. The molecule has 7 nitrogen and oxygen atoms in total. The summed E-state index contributed by atoms with van der Waals surface area (Å²) >= 11 is 0. The Labute approximate surface area is 119 Å². The highest BCUT2D eigenvalue weighted by atomic mass is 32.2. The number of hydrogen-bond donors (Lipinski definition) is 2. The Morgan fingerprint density at radius 3 is 2.55 bits per heavy atom. The fourth-order valence-corrected chi connectivity index (χ4v) is 3.44. The first-order valence-corrected chi connectivity index (χ1v) is 8.59. The zero-order valence-corrected chi connectivity index (χ0v) is 12.6. The number of amides is 1. The fraction of sp³-hybridized carbons (Fsp3) is 0.833. The van der Waals surface area contributed by atoms with E-state index in [0.717, 1.165) is 19.1 Å². The first kappa shape index (κ1) is 16.9. The van der Waals surface area contributed by atoms with Crippen LogP contribution in [0.5, 0.6) is 0 Å². The van der Waals surface area contributed by atoms with E-state index in [1.54, 1.807) is 6.92 Å². The highest BCUT2D eigenvalue weighted by Crippen LogP contribution is 2.20. The zero-order valence-electron chi connectivity index (χ0n) is 11.8. The van der Waals surface area contributed by atoms with Crippen molar-refractivity contribution in [3.8, 4) is 0 Å². The van der Waals surface area contributed by atoms with Crippen molar-refractivity contribution >= 4 is 21.9 Å². The van der Waals surface area contributed by atoms with Gasteiger partial charge in [0.1, 0.15) is 6.04 Å². The Hall–Kier alpha value is -1.15. The fourth-order valence-electron chi connectivity index (χ4n) is 2.31. The number of carbonyl (C=O) groups is 2. The molecular weight excluding hydrogens is 284 g/mol. The van der Waals surface area contributed by atoms with Crippen LogP contribution in [0, 0.1) is 5.92 Å². The van der Waals surface area contributed by atoms with Crippen LogP contribution in [0.15, 0.2) is 0 Å². The van der Waals surface area contributed by atoms with Crippen molar-refractivity contribution in [1.29, 1.82) is 0 Å². The second kappa shape index (κ2) is 7.03. The number of carboxylic acids is 1. The maximum absolute atomic E-state index is 12.1. The van der Waals surface area contributed by atoms with Gasteiger partial charge in [0.05, 0.1) is 12.2 Å². The summed E-state index contributed by atoms with van der Waals surface area (Å²) in [5.74, 6) is -2.01. The van der Waals surface area contributed by atoms with Gasteiger partial charge in [0.25, 0.3) is 0 Å². The van der Waals surface area contributed by atoms with E-state index < -0.39 is 33.9 Å². The summed E-state index contributed by atoms with van der Waals surface area (Å²) in [5, 5.41) is 11.5. The quantitative estimate of drug-likeness (QED) is 0.720. The SMILES string of the molecule is CCC(CNC(=O)C1CCCCN1S(C)(=O)=O)C(=O)O. The van der Waals surface area contributed by atoms with Crippen molar-refractivity contribution in [2.45, 2.75) is 38.6 Å². The van der Waals surface area contributed by atoms with Gasteiger partial charge in [-0.1, -0.05) is 13.3 Å². The molecule has 0 aromatic rings. The van der Waals surface area contributed by atoms with E-state index in [0.29, 0.717) is 19.4 Å². The van der Waals surface area contributed by atoms with Gasteiger partial charge in [-0.2, -0.15) is 4.31 Å². The van der Waals surface area contributed by atoms with Gasteiger partial charge in [-0.05, 0) is 19.3 Å². The lowest BCUT2D eigenvalue weighted by molar-refractivity contribution is -0.141. The lowest BCUT2D eigenvalue weighted by atomic mass is 10.0. The summed E-state index contributed by atoms with van der Waals surface area (Å²) in [6.45, 7) is 2.10. The van der Waals surface area contributed by atoms with E-state index in [1.807, 2.05) is 0 Å². The molecule has 0 radical (unpaired) electrons. The van der Waals surface area contributed by atoms with E-state index in [4.69, 9.17) is 5.11 Å². The molecule has 1 aliphatic rings. The molecule has 1 heterocycles. The predicted octanol–water partition coefficient (Wildman–Crippen LogP) is 0.0275. The summed E-state index contributed by atoms with van der Waals surface area (Å²) in [5.41, 5.74) is 0. The van der Waals surface area contributed by atoms with Crippen LogP contribution in [0.1, 0.15) is 32.6 Å². The summed E-state index contributed by atoms with van der Waals surface area (Å²) in [4.78, 5) is 23.0. The minimum atomic E-state index is -3.42. The number of aliphatic carboxylic acids is 1. The number of rotatable bonds is 6. The molecule has 0 aromatic carbocycles. The van der Waals surface area contributed by atoms with E-state index in [9.17, 15) is 18.0 Å². The number of piperidine rings is 1. The second-order valence-electron chi connectivity index (χ2n) is 5.07. The van der Waals surface area contributed by atoms with Crippen LogP contribution in [0.4, 0.5) is 0 Å². The summed E-state index contributed by atoms with van der Waals surface area (Å²) in [7, 11) is -3.42. The smallest absolute Gasteiger partial charge is 0.308 e. The van der Waals surface area contributed by atoms with Gasteiger partial charge in [-0.15, -0.1) is 0 Å². The highest BCUT2D eigenvalue weighted by molar-refractivity contribution is 7.88. The van der Waals surface area contributed by atoms with Gasteiger partial charge in [-0.25, -0.2) is 8.42 Å². The molecule has 1 saturated heterocycles. The third-order valence-corrected chi connectivity index (χ3v) is 4.84. The predicted molar refractivity (Wildman–Crippen MR) is 73.6 cm³/mol. The minimum Gasteiger partial charge on any atom is -0.481 e. The lowest BCUT2D eigenvalue weighted by Crippen LogP contribution is -2.52. The number of nitrogens with zero attached hydrogens (tertiary/aromatic N) is 1. The van der Waals surface area contributed by atoms with Crippen LogP contribution >= 0.6 is 0 Å². The molecule has 1 aliphatic heterocycles. The van der Waals surface area contributed by atoms with E-state index in [1.165, 1.54) is 4.31 Å². The van der Waals surface area contributed by atoms with Gasteiger partial charge in [0.15, 0.2) is 0 Å². The van der Waals surface area contributed by atoms with Gasteiger partial charge >= 0.3 is 5.97 Å². The van der Waals surface area contributed by atoms with Crippen molar-refractivity contribution in [2.75, 3.05) is 19.3 Å². The number of carboxylic acid groups (broad SMARTS) is 1. The molecule has 0 aromatic heterocycles. The van der Waals surface area contributed by atoms with Gasteiger partial charge < -0.3 is 10.4 Å². The van der Waals surface area contributed by atoms with Crippen molar-refractivity contribution in [3.05, 3.63) is 0 Å². The maximum Gasteiger partial charge on any atom is 0.308 e. The third kappa shape index (κ3) is 4.45. The number of sulfonamides is 1. The van der Waals surface area contributed by atoms with Crippen molar-refractivity contribution < 1.29 is 23.1 Å². The second-order valence-corrected chi connectivity index (χ2v) is 7.01. The van der Waals surface area contributed by atoms with Crippen LogP contribution in [0.2, 0.25) is 0 Å². The van der Waals surface area contributed by atoms with Gasteiger partial charge in [0.2, 0.25) is 15.9 Å². The standard InChI is InChI=1S/C12H22N2O5S/c1-3-9(12(16)17)8-13-11(15)10-6-4-5-7-14(10)20(2,18)19/h9-10H,3-8H2,1-2H3,(H,13,15)(H,16,17). The van der Waals surface area contributed by atoms with Crippen LogP contribution in [-0.2, 0) is 19.6 Å². The normalized spacial score (nSPS) is 22.2. The average Bonchev–Trinajstić information content (AvgIpc) is 2.37. The van der Waals surface area contributed by atoms with E-state index in [-0.39, 0.29) is 6.54 Å². The maximum atomic E-state index is 12.1. The third-order valence-electron chi connectivity index (χ3n) is 3.55. The molecule has 0 aliphatic carbocycles. The molecule has 2 N–H and O–H groups in total. The topological polar surface area (TPSA) is 104 Å². The molecule has 0 bridgehead atoms. The largest absolute Gasteiger partial charge is 0.481 e. The lowest BCUT2D eigenvalue weighted by Gasteiger charge is -2.32. The van der Waals surface area contributed by atoms with Gasteiger partial charge in [0, 0.05) is 13.1 Å². The molecule has 1 fully saturated rings.